The van der Waals surface area contributed by atoms with E-state index in [1.54, 1.807) is 23.5 Å². The van der Waals surface area contributed by atoms with Crippen LogP contribution in [-0.2, 0) is 42.2 Å². The van der Waals surface area contributed by atoms with E-state index in [2.05, 4.69) is 35.2 Å². The normalized spacial score (nSPS) is 20.3. The van der Waals surface area contributed by atoms with E-state index < -0.39 is 10.0 Å². The van der Waals surface area contributed by atoms with Gasteiger partial charge in [-0.15, -0.1) is 0 Å². The molecule has 0 aromatic heterocycles. The van der Waals surface area contributed by atoms with Crippen molar-refractivity contribution in [2.24, 2.45) is 5.73 Å². The Hall–Kier alpha value is -3.03. The molecule has 0 spiro atoms. The molecule has 2 heterocycles. The topological polar surface area (TPSA) is 113 Å². The third kappa shape index (κ3) is 9.85. The molecule has 2 aliphatic rings. The summed E-state index contributed by atoms with van der Waals surface area (Å²) in [7, 11) is -2.07. The van der Waals surface area contributed by atoms with Gasteiger partial charge in [0.15, 0.2) is 0 Å². The molecule has 4 atom stereocenters. The molecule has 2 N–H and O–H groups in total. The number of ether oxygens (including phenoxy) is 5. The number of rotatable bonds is 18. The molecule has 0 amide bonds. The fraction of sp³-hybridized carbons (Fsp3) is 0.538. The minimum absolute atomic E-state index is 0.0320. The third-order valence-electron chi connectivity index (χ3n) is 9.57. The Labute approximate surface area is 298 Å². The van der Waals surface area contributed by atoms with Crippen LogP contribution >= 0.6 is 0 Å². The molecule has 0 unspecified atom stereocenters. The quantitative estimate of drug-likeness (QED) is 0.168. The van der Waals surface area contributed by atoms with Crippen molar-refractivity contribution >= 4 is 15.7 Å². The van der Waals surface area contributed by atoms with Gasteiger partial charge < -0.3 is 34.3 Å². The molecule has 10 nitrogen and oxygen atoms in total. The number of fused-ring (bicyclic) bond motifs is 1. The molecule has 50 heavy (non-hydrogen) atoms. The van der Waals surface area contributed by atoms with Gasteiger partial charge in [-0.3, -0.25) is 0 Å². The maximum atomic E-state index is 14.2. The van der Waals surface area contributed by atoms with Gasteiger partial charge in [0, 0.05) is 45.4 Å². The van der Waals surface area contributed by atoms with Crippen molar-refractivity contribution in [2.45, 2.75) is 82.3 Å². The van der Waals surface area contributed by atoms with Crippen molar-refractivity contribution in [1.82, 2.24) is 4.31 Å². The number of nitrogens with two attached hydrogens (primary N) is 1. The molecule has 1 fully saturated rings. The zero-order chi connectivity index (χ0) is 35.5. The summed E-state index contributed by atoms with van der Waals surface area (Å²) >= 11 is 0. The zero-order valence-electron chi connectivity index (χ0n) is 30.1. The van der Waals surface area contributed by atoms with Crippen LogP contribution in [0.1, 0.15) is 61.3 Å². The van der Waals surface area contributed by atoms with E-state index in [0.29, 0.717) is 59.0 Å². The summed E-state index contributed by atoms with van der Waals surface area (Å²) in [6.07, 6.45) is 1.73. The van der Waals surface area contributed by atoms with E-state index in [9.17, 15) is 8.42 Å². The van der Waals surface area contributed by atoms with Crippen LogP contribution in [0.15, 0.2) is 71.6 Å². The Bertz CT molecular complexity index is 1590. The summed E-state index contributed by atoms with van der Waals surface area (Å²) in [4.78, 5) is 2.62. The van der Waals surface area contributed by atoms with E-state index in [0.717, 1.165) is 53.2 Å². The predicted octanol–water partition coefficient (Wildman–Crippen LogP) is 5.65. The van der Waals surface area contributed by atoms with Crippen molar-refractivity contribution in [3.8, 4) is 5.75 Å². The lowest BCUT2D eigenvalue weighted by molar-refractivity contribution is -0.0205. The summed E-state index contributed by atoms with van der Waals surface area (Å²) < 4.78 is 59.4. The maximum Gasteiger partial charge on any atom is 0.243 e. The van der Waals surface area contributed by atoms with Gasteiger partial charge in [-0.25, -0.2) is 8.42 Å². The van der Waals surface area contributed by atoms with Crippen molar-refractivity contribution in [3.63, 3.8) is 0 Å². The molecule has 0 aliphatic carbocycles. The number of benzene rings is 3. The summed E-state index contributed by atoms with van der Waals surface area (Å²) in [6, 6.07) is 21.4. The molecule has 1 saturated heterocycles. The van der Waals surface area contributed by atoms with Crippen LogP contribution in [-0.4, -0.2) is 90.7 Å². The average Bonchev–Trinajstić information content (AvgIpc) is 3.12. The predicted molar refractivity (Wildman–Crippen MR) is 196 cm³/mol. The van der Waals surface area contributed by atoms with E-state index in [4.69, 9.17) is 29.4 Å². The maximum absolute atomic E-state index is 14.2. The van der Waals surface area contributed by atoms with E-state index >= 15 is 0 Å². The molecule has 5 rings (SSSR count). The number of anilines is 1. The molecular formula is C39H55N3O7S. The molecule has 2 aliphatic heterocycles. The van der Waals surface area contributed by atoms with Gasteiger partial charge in [0.2, 0.25) is 10.0 Å². The van der Waals surface area contributed by atoms with Gasteiger partial charge in [0.25, 0.3) is 0 Å². The highest BCUT2D eigenvalue weighted by Crippen LogP contribution is 2.39. The highest BCUT2D eigenvalue weighted by atomic mass is 32.2. The van der Waals surface area contributed by atoms with Gasteiger partial charge in [-0.1, -0.05) is 48.0 Å². The minimum atomic E-state index is -3.79. The van der Waals surface area contributed by atoms with Crippen molar-refractivity contribution < 1.29 is 32.1 Å². The first-order chi connectivity index (χ1) is 24.2. The van der Waals surface area contributed by atoms with Gasteiger partial charge in [-0.05, 0) is 87.5 Å². The standard InChI is InChI=1S/C39H55N3O7S/c1-5-47-30(3)26-46-27-31-9-12-33(13-10-31)36-24-34(17-18-40)42(50(43,44)35-14-7-29(2)8-15-35)25-39(36)49-28-32-11-16-38-37(23-32)41(20-22-48-38)19-6-21-45-4/h7-16,23,30,34,36,39H,5-6,17-22,24-28,40H2,1-4H3/t30-,34+,36-,39+/m1/s1. The lowest BCUT2D eigenvalue weighted by Gasteiger charge is -2.43. The van der Waals surface area contributed by atoms with Crippen LogP contribution in [0.25, 0.3) is 0 Å². The smallest absolute Gasteiger partial charge is 0.243 e. The summed E-state index contributed by atoms with van der Waals surface area (Å²) in [5.41, 5.74) is 11.3. The highest BCUT2D eigenvalue weighted by molar-refractivity contribution is 7.89. The largest absolute Gasteiger partial charge is 0.490 e. The lowest BCUT2D eigenvalue weighted by Crippen LogP contribution is -2.52. The van der Waals surface area contributed by atoms with Crippen LogP contribution in [0.5, 0.6) is 5.75 Å². The van der Waals surface area contributed by atoms with Crippen LogP contribution < -0.4 is 15.4 Å². The molecular weight excluding hydrogens is 655 g/mol. The number of hydrogen-bond donors (Lipinski definition) is 1. The Balaban J connectivity index is 1.39. The van der Waals surface area contributed by atoms with E-state index in [-0.39, 0.29) is 35.6 Å². The lowest BCUT2D eigenvalue weighted by atomic mass is 9.83. The molecule has 274 valence electrons. The van der Waals surface area contributed by atoms with E-state index in [1.165, 1.54) is 0 Å². The number of hydrogen-bond acceptors (Lipinski definition) is 9. The van der Waals surface area contributed by atoms with Gasteiger partial charge in [0.05, 0.1) is 49.2 Å². The Morgan fingerprint density at radius 1 is 1.02 bits per heavy atom. The average molecular weight is 710 g/mol. The Morgan fingerprint density at radius 3 is 2.50 bits per heavy atom. The molecule has 3 aromatic carbocycles. The number of sulfonamides is 1. The molecule has 0 bridgehead atoms. The molecule has 11 heteroatoms. The summed E-state index contributed by atoms with van der Waals surface area (Å²) in [5, 5.41) is 0. The monoisotopic (exact) mass is 709 g/mol. The zero-order valence-corrected chi connectivity index (χ0v) is 30.9. The SMILES string of the molecule is CCO[C@H](C)COCc1ccc([C@H]2C[C@H](CCN)N(S(=O)(=O)c3ccc(C)cc3)C[C@@H]2OCc2ccc3c(c2)N(CCCOC)CCO3)cc1. The fourth-order valence-corrected chi connectivity index (χ4v) is 8.59. The van der Waals surface area contributed by atoms with Gasteiger partial charge >= 0.3 is 0 Å². The number of aryl methyl sites for hydroxylation is 1. The Kier molecular flexibility index (Phi) is 14.1. The van der Waals surface area contributed by atoms with Crippen molar-refractivity contribution in [3.05, 3.63) is 89.0 Å². The first kappa shape index (κ1) is 38.2. The third-order valence-corrected chi connectivity index (χ3v) is 11.5. The molecule has 3 aromatic rings. The molecule has 0 radical (unpaired) electrons. The first-order valence-corrected chi connectivity index (χ1v) is 19.4. The molecule has 0 saturated carbocycles. The second kappa shape index (κ2) is 18.5. The number of nitrogens with zero attached hydrogens (tertiary/aromatic N) is 2. The second-order valence-electron chi connectivity index (χ2n) is 13.3. The summed E-state index contributed by atoms with van der Waals surface area (Å²) in [5.74, 6) is 0.833. The van der Waals surface area contributed by atoms with Gasteiger partial charge in [0.1, 0.15) is 12.4 Å². The number of methoxy groups -OCH3 is 1. The summed E-state index contributed by atoms with van der Waals surface area (Å²) in [6.45, 7) is 11.6. The van der Waals surface area contributed by atoms with Crippen LogP contribution in [0.3, 0.4) is 0 Å². The number of piperidine rings is 1. The van der Waals surface area contributed by atoms with Crippen molar-refractivity contribution in [2.75, 3.05) is 64.6 Å². The van der Waals surface area contributed by atoms with Gasteiger partial charge in [-0.2, -0.15) is 4.31 Å². The highest BCUT2D eigenvalue weighted by Gasteiger charge is 2.42. The first-order valence-electron chi connectivity index (χ1n) is 17.9. The van der Waals surface area contributed by atoms with Crippen LogP contribution in [0.4, 0.5) is 5.69 Å². The van der Waals surface area contributed by atoms with E-state index in [1.807, 2.05) is 45.0 Å². The fourth-order valence-electron chi connectivity index (χ4n) is 6.91. The van der Waals surface area contributed by atoms with Crippen molar-refractivity contribution in [1.29, 1.82) is 0 Å². The van der Waals surface area contributed by atoms with Crippen LogP contribution in [0, 0.1) is 6.92 Å². The second-order valence-corrected chi connectivity index (χ2v) is 15.2. The van der Waals surface area contributed by atoms with Crippen LogP contribution in [0.2, 0.25) is 0 Å². The minimum Gasteiger partial charge on any atom is -0.490 e. The Morgan fingerprint density at radius 2 is 1.78 bits per heavy atom.